The molecule has 0 spiro atoms. The number of aryl methyl sites for hydroxylation is 1. The molecule has 122 valence electrons. The maximum atomic E-state index is 12.0. The van der Waals surface area contributed by atoms with Crippen LogP contribution < -0.4 is 4.72 Å². The molecule has 3 rings (SSSR count). The van der Waals surface area contributed by atoms with E-state index >= 15 is 0 Å². The van der Waals surface area contributed by atoms with Crippen molar-refractivity contribution in [2.45, 2.75) is 19.9 Å². The molecule has 1 amide bonds. The van der Waals surface area contributed by atoms with Crippen LogP contribution >= 0.6 is 0 Å². The zero-order chi connectivity index (χ0) is 15.9. The fourth-order valence-electron chi connectivity index (χ4n) is 2.88. The normalized spacial score (nSPS) is 25.1. The number of likely N-dealkylation sites (tertiary alicyclic amines) is 1. The van der Waals surface area contributed by atoms with E-state index in [0.29, 0.717) is 19.0 Å². The van der Waals surface area contributed by atoms with Gasteiger partial charge in [-0.3, -0.25) is 9.48 Å². The van der Waals surface area contributed by atoms with E-state index in [0.717, 1.165) is 12.0 Å². The van der Waals surface area contributed by atoms with Gasteiger partial charge in [-0.2, -0.15) is 5.10 Å². The van der Waals surface area contributed by atoms with Gasteiger partial charge in [0.1, 0.15) is 0 Å². The Bertz CT molecular complexity index is 663. The zero-order valence-electron chi connectivity index (χ0n) is 12.9. The molecule has 2 atom stereocenters. The molecule has 1 aromatic heterocycles. The minimum atomic E-state index is -3.32. The van der Waals surface area contributed by atoms with E-state index < -0.39 is 10.0 Å². The highest BCUT2D eigenvalue weighted by molar-refractivity contribution is 7.89. The monoisotopic (exact) mass is 326 g/mol. The summed E-state index contributed by atoms with van der Waals surface area (Å²) in [5.41, 5.74) is 0.833. The quantitative estimate of drug-likeness (QED) is 0.795. The predicted octanol–water partition coefficient (Wildman–Crippen LogP) is -0.0461. The first-order valence-corrected chi connectivity index (χ1v) is 9.23. The first-order chi connectivity index (χ1) is 10.3. The van der Waals surface area contributed by atoms with Crippen molar-refractivity contribution in [3.05, 3.63) is 18.0 Å². The molecule has 7 nitrogen and oxygen atoms in total. The molecule has 8 heteroatoms. The van der Waals surface area contributed by atoms with Crippen molar-refractivity contribution in [3.63, 3.8) is 0 Å². The van der Waals surface area contributed by atoms with Gasteiger partial charge in [0.15, 0.2) is 0 Å². The first kappa shape index (κ1) is 15.5. The lowest BCUT2D eigenvalue weighted by molar-refractivity contribution is -0.138. The number of hydrogen-bond donors (Lipinski definition) is 1. The molecule has 1 N–H and O–H groups in total. The Balaban J connectivity index is 1.42. The van der Waals surface area contributed by atoms with Gasteiger partial charge in [-0.15, -0.1) is 0 Å². The molecule has 2 fully saturated rings. The van der Waals surface area contributed by atoms with Crippen LogP contribution in [0.3, 0.4) is 0 Å². The summed E-state index contributed by atoms with van der Waals surface area (Å²) in [6.07, 6.45) is 4.40. The first-order valence-electron chi connectivity index (χ1n) is 7.57. The van der Waals surface area contributed by atoms with Crippen molar-refractivity contribution in [1.29, 1.82) is 0 Å². The van der Waals surface area contributed by atoms with Crippen molar-refractivity contribution >= 4 is 15.9 Å². The molecule has 22 heavy (non-hydrogen) atoms. The van der Waals surface area contributed by atoms with E-state index in [1.54, 1.807) is 29.0 Å². The Morgan fingerprint density at radius 1 is 1.45 bits per heavy atom. The largest absolute Gasteiger partial charge is 0.342 e. The van der Waals surface area contributed by atoms with E-state index in [9.17, 15) is 13.2 Å². The second-order valence-corrected chi connectivity index (χ2v) is 8.41. The third-order valence-corrected chi connectivity index (χ3v) is 5.90. The average Bonchev–Trinajstić information content (AvgIpc) is 2.98. The summed E-state index contributed by atoms with van der Waals surface area (Å²) < 4.78 is 28.3. The van der Waals surface area contributed by atoms with Gasteiger partial charge < -0.3 is 4.90 Å². The lowest BCUT2D eigenvalue weighted by atomic mass is 10.0. The Labute approximate surface area is 130 Å². The lowest BCUT2D eigenvalue weighted by Gasteiger charge is -2.39. The molecule has 1 aromatic rings. The third kappa shape index (κ3) is 3.49. The molecule has 0 aromatic carbocycles. The molecule has 1 aliphatic heterocycles. The summed E-state index contributed by atoms with van der Waals surface area (Å²) in [4.78, 5) is 13.8. The van der Waals surface area contributed by atoms with Crippen LogP contribution in [0, 0.1) is 17.8 Å². The molecule has 0 radical (unpaired) electrons. The Morgan fingerprint density at radius 2 is 2.14 bits per heavy atom. The van der Waals surface area contributed by atoms with Crippen LogP contribution in [0.4, 0.5) is 0 Å². The SMILES string of the molecule is C[C@H]1C[C@H]1C(=O)N1CC(CS(=O)(=O)NCc2cnn(C)c2)C1. The summed E-state index contributed by atoms with van der Waals surface area (Å²) in [5.74, 6) is 1.00. The number of nitrogens with zero attached hydrogens (tertiary/aromatic N) is 3. The number of carbonyl (C=O) groups is 1. The van der Waals surface area contributed by atoms with E-state index in [1.165, 1.54) is 0 Å². The topological polar surface area (TPSA) is 84.3 Å². The predicted molar refractivity (Wildman–Crippen MR) is 81.2 cm³/mol. The van der Waals surface area contributed by atoms with Gasteiger partial charge >= 0.3 is 0 Å². The molecule has 0 bridgehead atoms. The van der Waals surface area contributed by atoms with E-state index in [1.807, 2.05) is 0 Å². The van der Waals surface area contributed by atoms with Crippen LogP contribution in [0.2, 0.25) is 0 Å². The summed E-state index contributed by atoms with van der Waals surface area (Å²) >= 11 is 0. The summed E-state index contributed by atoms with van der Waals surface area (Å²) in [6, 6.07) is 0. The van der Waals surface area contributed by atoms with Crippen LogP contribution in [-0.4, -0.2) is 47.8 Å². The Morgan fingerprint density at radius 3 is 2.68 bits per heavy atom. The van der Waals surface area contributed by atoms with Gasteiger partial charge in [-0.05, 0) is 12.3 Å². The van der Waals surface area contributed by atoms with Crippen LogP contribution in [0.5, 0.6) is 0 Å². The molecule has 1 saturated heterocycles. The smallest absolute Gasteiger partial charge is 0.225 e. The van der Waals surface area contributed by atoms with E-state index in [2.05, 4.69) is 16.7 Å². The molecule has 2 aliphatic rings. The van der Waals surface area contributed by atoms with Crippen LogP contribution in [-0.2, 0) is 28.4 Å². The number of amides is 1. The minimum Gasteiger partial charge on any atom is -0.342 e. The van der Waals surface area contributed by atoms with Crippen LogP contribution in [0.15, 0.2) is 12.4 Å². The summed E-state index contributed by atoms with van der Waals surface area (Å²) in [7, 11) is -1.53. The van der Waals surface area contributed by atoms with Gasteiger partial charge in [0, 0.05) is 50.3 Å². The molecule has 0 unspecified atom stereocenters. The fraction of sp³-hybridized carbons (Fsp3) is 0.714. The third-order valence-electron chi connectivity index (χ3n) is 4.41. The van der Waals surface area contributed by atoms with Gasteiger partial charge in [-0.25, -0.2) is 13.1 Å². The molecule has 2 heterocycles. The number of rotatable bonds is 6. The Kier molecular flexibility index (Phi) is 3.98. The van der Waals surface area contributed by atoms with Gasteiger partial charge in [0.05, 0.1) is 11.9 Å². The minimum absolute atomic E-state index is 0.0457. The van der Waals surface area contributed by atoms with Gasteiger partial charge in [-0.1, -0.05) is 6.92 Å². The maximum absolute atomic E-state index is 12.0. The van der Waals surface area contributed by atoms with Crippen molar-refractivity contribution in [2.75, 3.05) is 18.8 Å². The summed E-state index contributed by atoms with van der Waals surface area (Å²) in [5, 5.41) is 4.00. The van der Waals surface area contributed by atoms with Crippen molar-refractivity contribution in [2.24, 2.45) is 24.8 Å². The lowest BCUT2D eigenvalue weighted by Crippen LogP contribution is -2.53. The number of hydrogen-bond acceptors (Lipinski definition) is 4. The number of sulfonamides is 1. The molecule has 1 aliphatic carbocycles. The second kappa shape index (κ2) is 5.66. The van der Waals surface area contributed by atoms with E-state index in [4.69, 9.17) is 0 Å². The van der Waals surface area contributed by atoms with Crippen molar-refractivity contribution < 1.29 is 13.2 Å². The number of carbonyl (C=O) groups excluding carboxylic acids is 1. The standard InChI is InChI=1S/C14H22N4O3S/c1-10-3-13(10)14(19)18-7-12(8-18)9-22(20,21)16-5-11-4-15-17(2)6-11/h4,6,10,12-13,16H,3,5,7-9H2,1-2H3/t10-,13+/m0/s1. The van der Waals surface area contributed by atoms with Crippen LogP contribution in [0.25, 0.3) is 0 Å². The fourth-order valence-corrected chi connectivity index (χ4v) is 4.22. The van der Waals surface area contributed by atoms with Crippen molar-refractivity contribution in [1.82, 2.24) is 19.4 Å². The zero-order valence-corrected chi connectivity index (χ0v) is 13.7. The Hall–Kier alpha value is -1.41. The summed E-state index contributed by atoms with van der Waals surface area (Å²) in [6.45, 7) is 3.46. The average molecular weight is 326 g/mol. The molecule has 1 saturated carbocycles. The van der Waals surface area contributed by atoms with Gasteiger partial charge in [0.2, 0.25) is 15.9 Å². The highest BCUT2D eigenvalue weighted by Crippen LogP contribution is 2.40. The highest BCUT2D eigenvalue weighted by Gasteiger charge is 2.45. The molecular formula is C14H22N4O3S. The highest BCUT2D eigenvalue weighted by atomic mass is 32.2. The van der Waals surface area contributed by atoms with Gasteiger partial charge in [0.25, 0.3) is 0 Å². The number of aromatic nitrogens is 2. The second-order valence-electron chi connectivity index (χ2n) is 6.55. The maximum Gasteiger partial charge on any atom is 0.225 e. The van der Waals surface area contributed by atoms with Crippen molar-refractivity contribution in [3.8, 4) is 0 Å². The van der Waals surface area contributed by atoms with E-state index in [-0.39, 0.29) is 30.0 Å². The number of nitrogens with one attached hydrogen (secondary N) is 1. The molecular weight excluding hydrogens is 304 g/mol. The van der Waals surface area contributed by atoms with Crippen LogP contribution in [0.1, 0.15) is 18.9 Å².